The van der Waals surface area contributed by atoms with Crippen molar-refractivity contribution in [1.82, 2.24) is 0 Å². The fourth-order valence-electron chi connectivity index (χ4n) is 1.72. The summed E-state index contributed by atoms with van der Waals surface area (Å²) in [7, 11) is 0. The first-order valence-electron chi connectivity index (χ1n) is 5.86. The number of benzene rings is 2. The number of hydrogen-bond acceptors (Lipinski definition) is 4. The fourth-order valence-corrected chi connectivity index (χ4v) is 1.91. The number of rotatable bonds is 3. The van der Waals surface area contributed by atoms with Gasteiger partial charge in [0.05, 0.1) is 21.6 Å². The van der Waals surface area contributed by atoms with E-state index in [9.17, 15) is 20.5 Å². The van der Waals surface area contributed by atoms with Crippen LogP contribution in [-0.2, 0) is 0 Å². The summed E-state index contributed by atoms with van der Waals surface area (Å²) in [6, 6.07) is 12.3. The van der Waals surface area contributed by atoms with Crippen LogP contribution in [0, 0.1) is 21.4 Å². The van der Waals surface area contributed by atoms with Crippen LogP contribution in [0.5, 0.6) is 5.75 Å². The van der Waals surface area contributed by atoms with Gasteiger partial charge in [0.2, 0.25) is 0 Å². The molecule has 0 aliphatic heterocycles. The first-order chi connectivity index (χ1) is 10.0. The van der Waals surface area contributed by atoms with Crippen LogP contribution in [0.4, 0.5) is 5.69 Å². The highest BCUT2D eigenvalue weighted by molar-refractivity contribution is 6.32. The predicted octanol–water partition coefficient (Wildman–Crippen LogP) is 4.02. The summed E-state index contributed by atoms with van der Waals surface area (Å²) in [4.78, 5) is 10.1. The molecule has 0 aliphatic rings. The average Bonchev–Trinajstić information content (AvgIpc) is 2.48. The maximum absolute atomic E-state index is 10.6. The van der Waals surface area contributed by atoms with Gasteiger partial charge in [-0.15, -0.1) is 0 Å². The largest absolute Gasteiger partial charge is 0.506 e. The number of nitro benzene ring substituents is 1. The number of halogens is 1. The van der Waals surface area contributed by atoms with E-state index in [1.165, 1.54) is 36.4 Å². The van der Waals surface area contributed by atoms with Gasteiger partial charge in [0.1, 0.15) is 5.75 Å². The number of phenolic OH excluding ortho intramolecular Hbond substituents is 1. The molecule has 2 rings (SSSR count). The molecule has 5 nitrogen and oxygen atoms in total. The van der Waals surface area contributed by atoms with Crippen molar-refractivity contribution in [2.45, 2.75) is 0 Å². The smallest absolute Gasteiger partial charge is 0.269 e. The van der Waals surface area contributed by atoms with Crippen molar-refractivity contribution in [3.8, 4) is 11.8 Å². The van der Waals surface area contributed by atoms with Gasteiger partial charge in [-0.2, -0.15) is 5.26 Å². The van der Waals surface area contributed by atoms with Gasteiger partial charge in [-0.25, -0.2) is 0 Å². The molecule has 0 unspecified atom stereocenters. The molecule has 0 saturated carbocycles. The van der Waals surface area contributed by atoms with E-state index in [0.29, 0.717) is 16.7 Å². The first-order valence-corrected chi connectivity index (χ1v) is 6.24. The molecule has 2 aromatic rings. The summed E-state index contributed by atoms with van der Waals surface area (Å²) in [6.45, 7) is 0. The Bertz CT molecular complexity index is 761. The maximum Gasteiger partial charge on any atom is 0.269 e. The van der Waals surface area contributed by atoms with E-state index in [1.807, 2.05) is 6.07 Å². The second-order valence-corrected chi connectivity index (χ2v) is 4.59. The van der Waals surface area contributed by atoms with Crippen molar-refractivity contribution >= 4 is 28.9 Å². The Labute approximate surface area is 125 Å². The molecule has 0 heterocycles. The molecule has 0 saturated heterocycles. The van der Waals surface area contributed by atoms with E-state index in [0.717, 1.165) is 0 Å². The molecule has 0 amide bonds. The van der Waals surface area contributed by atoms with Gasteiger partial charge < -0.3 is 5.11 Å². The van der Waals surface area contributed by atoms with Crippen molar-refractivity contribution in [3.05, 3.63) is 68.7 Å². The Morgan fingerprint density at radius 2 is 1.95 bits per heavy atom. The molecular formula is C15H9ClN2O3. The van der Waals surface area contributed by atoms with E-state index >= 15 is 0 Å². The molecule has 0 aliphatic carbocycles. The van der Waals surface area contributed by atoms with Crippen LogP contribution in [0.3, 0.4) is 0 Å². The molecule has 0 fully saturated rings. The van der Waals surface area contributed by atoms with Crippen molar-refractivity contribution in [2.24, 2.45) is 0 Å². The summed E-state index contributed by atoms with van der Waals surface area (Å²) in [5, 5.41) is 29.3. The molecule has 0 bridgehead atoms. The number of nitro groups is 1. The number of non-ortho nitro benzene ring substituents is 1. The molecule has 104 valence electrons. The van der Waals surface area contributed by atoms with Crippen LogP contribution in [-0.4, -0.2) is 10.0 Å². The van der Waals surface area contributed by atoms with Crippen molar-refractivity contribution < 1.29 is 10.0 Å². The van der Waals surface area contributed by atoms with Crippen LogP contribution < -0.4 is 0 Å². The first kappa shape index (κ1) is 14.6. The summed E-state index contributed by atoms with van der Waals surface area (Å²) in [5.41, 5.74) is 1.51. The Balaban J connectivity index is 2.39. The SMILES string of the molecule is N#CC(=Cc1ccc(O)c(Cl)c1)c1ccc([N+](=O)[O-])cc1. The van der Waals surface area contributed by atoms with Gasteiger partial charge in [-0.05, 0) is 41.5 Å². The van der Waals surface area contributed by atoms with E-state index in [1.54, 1.807) is 12.1 Å². The minimum Gasteiger partial charge on any atom is -0.506 e. The second-order valence-electron chi connectivity index (χ2n) is 4.18. The lowest BCUT2D eigenvalue weighted by Gasteiger charge is -2.01. The molecule has 0 aromatic heterocycles. The standard InChI is InChI=1S/C15H9ClN2O3/c16-14-8-10(1-6-15(14)19)7-12(9-17)11-2-4-13(5-3-11)18(20)21/h1-8,19H. The molecule has 0 spiro atoms. The average molecular weight is 301 g/mol. The zero-order chi connectivity index (χ0) is 15.4. The summed E-state index contributed by atoms with van der Waals surface area (Å²) >= 11 is 5.80. The zero-order valence-electron chi connectivity index (χ0n) is 10.7. The third kappa shape index (κ3) is 3.38. The minimum absolute atomic E-state index is 0.0382. The van der Waals surface area contributed by atoms with Gasteiger partial charge >= 0.3 is 0 Å². The molecule has 21 heavy (non-hydrogen) atoms. The fraction of sp³-hybridized carbons (Fsp3) is 0. The third-order valence-corrected chi connectivity index (χ3v) is 3.10. The monoisotopic (exact) mass is 300 g/mol. The zero-order valence-corrected chi connectivity index (χ0v) is 11.4. The van der Waals surface area contributed by atoms with Gasteiger partial charge in [0.15, 0.2) is 0 Å². The number of allylic oxidation sites excluding steroid dienone is 1. The number of hydrogen-bond donors (Lipinski definition) is 1. The van der Waals surface area contributed by atoms with E-state index in [-0.39, 0.29) is 16.5 Å². The highest BCUT2D eigenvalue weighted by atomic mass is 35.5. The van der Waals surface area contributed by atoms with Crippen molar-refractivity contribution in [1.29, 1.82) is 5.26 Å². The third-order valence-electron chi connectivity index (χ3n) is 2.79. The second kappa shape index (κ2) is 6.07. The van der Waals surface area contributed by atoms with Crippen LogP contribution in [0.1, 0.15) is 11.1 Å². The molecule has 6 heteroatoms. The van der Waals surface area contributed by atoms with Crippen LogP contribution in [0.15, 0.2) is 42.5 Å². The Morgan fingerprint density at radius 1 is 1.29 bits per heavy atom. The van der Waals surface area contributed by atoms with E-state index < -0.39 is 4.92 Å². The van der Waals surface area contributed by atoms with Gasteiger partial charge in [-0.3, -0.25) is 10.1 Å². The van der Waals surface area contributed by atoms with Gasteiger partial charge in [-0.1, -0.05) is 17.7 Å². The number of nitrogens with zero attached hydrogens (tertiary/aromatic N) is 2. The Hall–Kier alpha value is -2.84. The van der Waals surface area contributed by atoms with Crippen molar-refractivity contribution in [3.63, 3.8) is 0 Å². The van der Waals surface area contributed by atoms with Crippen LogP contribution >= 0.6 is 11.6 Å². The van der Waals surface area contributed by atoms with Gasteiger partial charge in [0.25, 0.3) is 5.69 Å². The normalized spacial score (nSPS) is 11.0. The number of aromatic hydroxyl groups is 1. The summed E-state index contributed by atoms with van der Waals surface area (Å²) in [6.07, 6.45) is 1.59. The number of nitriles is 1. The van der Waals surface area contributed by atoms with Gasteiger partial charge in [0, 0.05) is 12.1 Å². The molecule has 1 N–H and O–H groups in total. The molecule has 0 atom stereocenters. The topological polar surface area (TPSA) is 87.2 Å². The van der Waals surface area contributed by atoms with E-state index in [4.69, 9.17) is 11.6 Å². The van der Waals surface area contributed by atoms with Crippen LogP contribution in [0.2, 0.25) is 5.02 Å². The van der Waals surface area contributed by atoms with Crippen molar-refractivity contribution in [2.75, 3.05) is 0 Å². The summed E-state index contributed by atoms with van der Waals surface area (Å²) < 4.78 is 0. The van der Waals surface area contributed by atoms with E-state index in [2.05, 4.69) is 0 Å². The molecule has 0 radical (unpaired) electrons. The minimum atomic E-state index is -0.501. The number of phenols is 1. The highest BCUT2D eigenvalue weighted by Crippen LogP contribution is 2.26. The molecule has 2 aromatic carbocycles. The summed E-state index contributed by atoms with van der Waals surface area (Å²) in [5.74, 6) is -0.0392. The quantitative estimate of drug-likeness (QED) is 0.401. The van der Waals surface area contributed by atoms with Crippen LogP contribution in [0.25, 0.3) is 11.6 Å². The molecular weight excluding hydrogens is 292 g/mol. The predicted molar refractivity (Wildman–Crippen MR) is 79.7 cm³/mol. The maximum atomic E-state index is 10.6. The lowest BCUT2D eigenvalue weighted by atomic mass is 10.0. The Morgan fingerprint density at radius 3 is 2.48 bits per heavy atom. The Kier molecular flexibility index (Phi) is 4.21. The lowest BCUT2D eigenvalue weighted by Crippen LogP contribution is -1.88. The highest BCUT2D eigenvalue weighted by Gasteiger charge is 2.07. The lowest BCUT2D eigenvalue weighted by molar-refractivity contribution is -0.384.